The van der Waals surface area contributed by atoms with Gasteiger partial charge in [0, 0.05) is 24.2 Å². The van der Waals surface area contributed by atoms with Crippen molar-refractivity contribution in [3.8, 4) is 17.0 Å². The molecule has 7 nitrogen and oxygen atoms in total. The molecule has 3 rings (SSSR count). The molecular formula is C17H18N4O3S. The van der Waals surface area contributed by atoms with Crippen LogP contribution in [-0.4, -0.2) is 46.3 Å². The summed E-state index contributed by atoms with van der Waals surface area (Å²) in [5.74, 6) is -0.134. The fourth-order valence-corrected chi connectivity index (χ4v) is 3.32. The predicted octanol–water partition coefficient (Wildman–Crippen LogP) is 2.02. The van der Waals surface area contributed by atoms with Crippen molar-refractivity contribution in [1.82, 2.24) is 14.3 Å². The first-order chi connectivity index (χ1) is 11.9. The van der Waals surface area contributed by atoms with E-state index in [9.17, 15) is 9.59 Å². The lowest BCUT2D eigenvalue weighted by Crippen LogP contribution is -2.43. The standard InChI is InChI=1S/C17H18N4O3S/c1-10(15(18)22)20(2)16(23)13-9-25-17-19-12(8-21(13)17)11-6-4-5-7-14(11)24-3/h4-10H,1-3H3,(H2,18,22)/t10-/m1/s1. The number of primary amides is 1. The SMILES string of the molecule is COc1ccccc1-c1cn2c(C(=O)N(C)[C@H](C)C(N)=O)csc2n1. The van der Waals surface area contributed by atoms with Crippen LogP contribution in [0, 0.1) is 0 Å². The fraction of sp³-hybridized carbons (Fsp3) is 0.235. The molecule has 8 heteroatoms. The van der Waals surface area contributed by atoms with E-state index in [1.807, 2.05) is 24.3 Å². The zero-order chi connectivity index (χ0) is 18.1. The number of ether oxygens (including phenoxy) is 1. The van der Waals surface area contributed by atoms with Crippen LogP contribution in [0.15, 0.2) is 35.8 Å². The number of amides is 2. The Balaban J connectivity index is 2.01. The van der Waals surface area contributed by atoms with Gasteiger partial charge in [0.05, 0.1) is 12.8 Å². The smallest absolute Gasteiger partial charge is 0.272 e. The lowest BCUT2D eigenvalue weighted by atomic mass is 10.1. The van der Waals surface area contributed by atoms with Gasteiger partial charge in [-0.25, -0.2) is 4.98 Å². The maximum absolute atomic E-state index is 12.7. The highest BCUT2D eigenvalue weighted by atomic mass is 32.1. The number of hydrogen-bond acceptors (Lipinski definition) is 5. The average molecular weight is 358 g/mol. The van der Waals surface area contributed by atoms with E-state index in [2.05, 4.69) is 4.98 Å². The molecule has 0 saturated heterocycles. The molecule has 130 valence electrons. The van der Waals surface area contributed by atoms with Crippen LogP contribution < -0.4 is 10.5 Å². The van der Waals surface area contributed by atoms with Crippen LogP contribution in [0.4, 0.5) is 0 Å². The number of carbonyl (C=O) groups excluding carboxylic acids is 2. The van der Waals surface area contributed by atoms with E-state index >= 15 is 0 Å². The number of fused-ring (bicyclic) bond motifs is 1. The van der Waals surface area contributed by atoms with E-state index in [0.29, 0.717) is 22.1 Å². The Morgan fingerprint density at radius 3 is 2.76 bits per heavy atom. The van der Waals surface area contributed by atoms with Crippen LogP contribution in [-0.2, 0) is 4.79 Å². The van der Waals surface area contributed by atoms with Crippen molar-refractivity contribution < 1.29 is 14.3 Å². The van der Waals surface area contributed by atoms with E-state index in [0.717, 1.165) is 5.56 Å². The second-order valence-corrected chi connectivity index (χ2v) is 6.43. The van der Waals surface area contributed by atoms with Gasteiger partial charge in [0.2, 0.25) is 5.91 Å². The number of likely N-dealkylation sites (N-methyl/N-ethyl adjacent to an activating group) is 1. The summed E-state index contributed by atoms with van der Waals surface area (Å²) in [6.07, 6.45) is 1.79. The molecule has 0 spiro atoms. The van der Waals surface area contributed by atoms with Gasteiger partial charge in [0.1, 0.15) is 17.5 Å². The minimum absolute atomic E-state index is 0.290. The third-order valence-corrected chi connectivity index (χ3v) is 4.96. The monoisotopic (exact) mass is 358 g/mol. The molecule has 2 N–H and O–H groups in total. The van der Waals surface area contributed by atoms with Crippen molar-refractivity contribution in [2.24, 2.45) is 5.73 Å². The Hall–Kier alpha value is -2.87. The first-order valence-electron chi connectivity index (χ1n) is 7.60. The second-order valence-electron chi connectivity index (χ2n) is 5.59. The Labute approximate surface area is 148 Å². The molecule has 2 aromatic heterocycles. The van der Waals surface area contributed by atoms with Gasteiger partial charge in [-0.3, -0.25) is 14.0 Å². The molecule has 0 unspecified atom stereocenters. The molecule has 0 saturated carbocycles. The minimum Gasteiger partial charge on any atom is -0.496 e. The van der Waals surface area contributed by atoms with Crippen molar-refractivity contribution in [1.29, 1.82) is 0 Å². The maximum Gasteiger partial charge on any atom is 0.272 e. The van der Waals surface area contributed by atoms with Crippen LogP contribution in [0.5, 0.6) is 5.75 Å². The van der Waals surface area contributed by atoms with Gasteiger partial charge < -0.3 is 15.4 Å². The molecule has 2 amide bonds. The molecule has 1 aromatic carbocycles. The number of nitrogens with zero attached hydrogens (tertiary/aromatic N) is 3. The van der Waals surface area contributed by atoms with E-state index in [-0.39, 0.29) is 5.91 Å². The van der Waals surface area contributed by atoms with E-state index in [1.54, 1.807) is 37.1 Å². The van der Waals surface area contributed by atoms with Gasteiger partial charge >= 0.3 is 0 Å². The molecule has 1 atom stereocenters. The lowest BCUT2D eigenvalue weighted by Gasteiger charge is -2.21. The van der Waals surface area contributed by atoms with Crippen LogP contribution in [0.25, 0.3) is 16.2 Å². The van der Waals surface area contributed by atoms with Gasteiger partial charge in [-0.1, -0.05) is 12.1 Å². The molecule has 0 aliphatic rings. The van der Waals surface area contributed by atoms with Crippen molar-refractivity contribution in [2.45, 2.75) is 13.0 Å². The van der Waals surface area contributed by atoms with Crippen LogP contribution >= 0.6 is 11.3 Å². The number of para-hydroxylation sites is 1. The summed E-state index contributed by atoms with van der Waals surface area (Å²) in [5.41, 5.74) is 7.28. The summed E-state index contributed by atoms with van der Waals surface area (Å²) in [7, 11) is 3.16. The van der Waals surface area contributed by atoms with E-state index < -0.39 is 11.9 Å². The number of methoxy groups -OCH3 is 1. The zero-order valence-electron chi connectivity index (χ0n) is 14.1. The molecule has 3 aromatic rings. The zero-order valence-corrected chi connectivity index (χ0v) is 14.9. The quantitative estimate of drug-likeness (QED) is 0.755. The third-order valence-electron chi connectivity index (χ3n) is 4.12. The molecule has 0 aliphatic heterocycles. The number of hydrogen-bond donors (Lipinski definition) is 1. The molecule has 0 fully saturated rings. The number of rotatable bonds is 5. The van der Waals surface area contributed by atoms with Crippen molar-refractivity contribution in [3.63, 3.8) is 0 Å². The van der Waals surface area contributed by atoms with Crippen molar-refractivity contribution in [2.75, 3.05) is 14.2 Å². The topological polar surface area (TPSA) is 89.9 Å². The highest BCUT2D eigenvalue weighted by Gasteiger charge is 2.24. The van der Waals surface area contributed by atoms with Crippen molar-refractivity contribution >= 4 is 28.1 Å². The van der Waals surface area contributed by atoms with E-state index in [1.165, 1.54) is 16.2 Å². The highest BCUT2D eigenvalue weighted by Crippen LogP contribution is 2.30. The van der Waals surface area contributed by atoms with Crippen LogP contribution in [0.2, 0.25) is 0 Å². The molecule has 2 heterocycles. The van der Waals surface area contributed by atoms with Crippen LogP contribution in [0.3, 0.4) is 0 Å². The highest BCUT2D eigenvalue weighted by molar-refractivity contribution is 7.15. The maximum atomic E-state index is 12.7. The van der Waals surface area contributed by atoms with Gasteiger partial charge in [0.25, 0.3) is 5.91 Å². The van der Waals surface area contributed by atoms with Gasteiger partial charge in [-0.2, -0.15) is 0 Å². The van der Waals surface area contributed by atoms with Gasteiger partial charge in [-0.15, -0.1) is 11.3 Å². The number of aromatic nitrogens is 2. The third kappa shape index (κ3) is 2.96. The largest absolute Gasteiger partial charge is 0.496 e. The summed E-state index contributed by atoms with van der Waals surface area (Å²) in [6.45, 7) is 1.60. The molecular weight excluding hydrogens is 340 g/mol. The number of thiazole rings is 1. The molecule has 0 bridgehead atoms. The summed E-state index contributed by atoms with van der Waals surface area (Å²) >= 11 is 1.36. The Morgan fingerprint density at radius 2 is 2.08 bits per heavy atom. The number of benzene rings is 1. The number of imidazole rings is 1. The Bertz CT molecular complexity index is 946. The molecule has 0 aliphatic carbocycles. The average Bonchev–Trinajstić information content (AvgIpc) is 3.20. The predicted molar refractivity (Wildman–Crippen MR) is 95.8 cm³/mol. The number of carbonyl (C=O) groups is 2. The van der Waals surface area contributed by atoms with E-state index in [4.69, 9.17) is 10.5 Å². The Morgan fingerprint density at radius 1 is 1.36 bits per heavy atom. The summed E-state index contributed by atoms with van der Waals surface area (Å²) < 4.78 is 7.09. The first-order valence-corrected chi connectivity index (χ1v) is 8.48. The summed E-state index contributed by atoms with van der Waals surface area (Å²) in [4.78, 5) is 30.6. The van der Waals surface area contributed by atoms with Gasteiger partial charge in [0.15, 0.2) is 4.96 Å². The Kier molecular flexibility index (Phi) is 4.45. The number of nitrogens with two attached hydrogens (primary N) is 1. The summed E-state index contributed by atoms with van der Waals surface area (Å²) in [6, 6.07) is 6.86. The minimum atomic E-state index is -0.695. The normalized spacial score (nSPS) is 12.1. The van der Waals surface area contributed by atoms with Crippen LogP contribution in [0.1, 0.15) is 17.4 Å². The summed E-state index contributed by atoms with van der Waals surface area (Å²) in [5, 5.41) is 1.72. The van der Waals surface area contributed by atoms with Crippen molar-refractivity contribution in [3.05, 3.63) is 41.5 Å². The lowest BCUT2D eigenvalue weighted by molar-refractivity contribution is -0.121. The second kappa shape index (κ2) is 6.56. The fourth-order valence-electron chi connectivity index (χ4n) is 2.47. The first kappa shape index (κ1) is 17.0. The van der Waals surface area contributed by atoms with Gasteiger partial charge in [-0.05, 0) is 19.1 Å². The molecule has 0 radical (unpaired) electrons. The molecule has 25 heavy (non-hydrogen) atoms.